The highest BCUT2D eigenvalue weighted by Crippen LogP contribution is 2.36. The van der Waals surface area contributed by atoms with Gasteiger partial charge in [-0.2, -0.15) is 0 Å². The number of piperidine rings is 1. The van der Waals surface area contributed by atoms with Crippen LogP contribution in [0.5, 0.6) is 0 Å². The van der Waals surface area contributed by atoms with Crippen molar-refractivity contribution in [3.8, 4) is 0 Å². The van der Waals surface area contributed by atoms with Crippen LogP contribution < -0.4 is 5.32 Å². The predicted octanol–water partition coefficient (Wildman–Crippen LogP) is 4.85. The maximum Gasteiger partial charge on any atom is 0.141 e. The van der Waals surface area contributed by atoms with Crippen LogP contribution in [-0.4, -0.2) is 23.7 Å². The second kappa shape index (κ2) is 6.53. The molecule has 1 saturated heterocycles. The van der Waals surface area contributed by atoms with Crippen LogP contribution in [0.4, 0.5) is 10.1 Å². The molecule has 2 nitrogen and oxygen atoms in total. The highest BCUT2D eigenvalue weighted by atomic mass is 35.5. The number of nitrogens with zero attached hydrogens (tertiary/aromatic N) is 1. The molecule has 1 N–H and O–H groups in total. The van der Waals surface area contributed by atoms with E-state index in [0.717, 1.165) is 31.6 Å². The third-order valence-corrected chi connectivity index (χ3v) is 5.03. The van der Waals surface area contributed by atoms with Gasteiger partial charge >= 0.3 is 0 Å². The quantitative estimate of drug-likeness (QED) is 0.858. The first-order valence-corrected chi connectivity index (χ1v) is 8.37. The molecule has 1 unspecified atom stereocenters. The van der Waals surface area contributed by atoms with E-state index in [0.29, 0.717) is 0 Å². The van der Waals surface area contributed by atoms with E-state index in [-0.39, 0.29) is 16.5 Å². The molecule has 1 saturated carbocycles. The Kier molecular flexibility index (Phi) is 4.70. The smallest absolute Gasteiger partial charge is 0.141 e. The Morgan fingerprint density at radius 1 is 1.14 bits per heavy atom. The number of anilines is 1. The van der Waals surface area contributed by atoms with E-state index in [2.05, 4.69) is 16.6 Å². The van der Waals surface area contributed by atoms with E-state index < -0.39 is 0 Å². The Bertz CT molecular complexity index is 480. The molecule has 21 heavy (non-hydrogen) atoms. The van der Waals surface area contributed by atoms with Gasteiger partial charge in [-0.15, -0.1) is 0 Å². The molecule has 0 amide bonds. The lowest BCUT2D eigenvalue weighted by Crippen LogP contribution is -2.57. The van der Waals surface area contributed by atoms with Gasteiger partial charge in [-0.25, -0.2) is 4.39 Å². The van der Waals surface area contributed by atoms with Gasteiger partial charge in [0.05, 0.1) is 10.7 Å². The van der Waals surface area contributed by atoms with Gasteiger partial charge in [0.15, 0.2) is 0 Å². The molecule has 1 heterocycles. The van der Waals surface area contributed by atoms with E-state index in [4.69, 9.17) is 11.6 Å². The van der Waals surface area contributed by atoms with Gasteiger partial charge in [-0.05, 0) is 63.1 Å². The summed E-state index contributed by atoms with van der Waals surface area (Å²) in [4.78, 5) is 2.59. The van der Waals surface area contributed by atoms with Crippen molar-refractivity contribution in [2.45, 2.75) is 50.6 Å². The van der Waals surface area contributed by atoms with Crippen molar-refractivity contribution in [2.24, 2.45) is 0 Å². The number of benzene rings is 1. The van der Waals surface area contributed by atoms with Crippen LogP contribution in [-0.2, 0) is 0 Å². The van der Waals surface area contributed by atoms with E-state index in [1.807, 2.05) is 0 Å². The first kappa shape index (κ1) is 15.1. The SMILES string of the molecule is Fc1ccc(NC2(N3CCCCC3)C[CH]CCC2)cc1Cl. The van der Waals surface area contributed by atoms with Crippen molar-refractivity contribution in [1.29, 1.82) is 0 Å². The average molecular weight is 310 g/mol. The van der Waals surface area contributed by atoms with Gasteiger partial charge in [-0.3, -0.25) is 4.90 Å². The minimum atomic E-state index is -0.357. The minimum absolute atomic E-state index is 0.0141. The van der Waals surface area contributed by atoms with E-state index in [1.165, 1.54) is 38.2 Å². The van der Waals surface area contributed by atoms with Crippen LogP contribution in [0.25, 0.3) is 0 Å². The molecular weight excluding hydrogens is 287 g/mol. The van der Waals surface area contributed by atoms with Crippen molar-refractivity contribution in [2.75, 3.05) is 18.4 Å². The van der Waals surface area contributed by atoms with Gasteiger partial charge in [-0.1, -0.05) is 18.0 Å². The summed E-state index contributed by atoms with van der Waals surface area (Å²) in [6.45, 7) is 2.30. The van der Waals surface area contributed by atoms with Crippen molar-refractivity contribution in [1.82, 2.24) is 4.90 Å². The molecular formula is C17H23ClFN2. The zero-order valence-corrected chi connectivity index (χ0v) is 13.1. The van der Waals surface area contributed by atoms with Gasteiger partial charge in [0.25, 0.3) is 0 Å². The lowest BCUT2D eigenvalue weighted by molar-refractivity contribution is 0.0685. The van der Waals surface area contributed by atoms with Gasteiger partial charge in [0.1, 0.15) is 5.82 Å². The molecule has 1 aromatic carbocycles. The largest absolute Gasteiger partial charge is 0.367 e. The van der Waals surface area contributed by atoms with Crippen LogP contribution in [0, 0.1) is 12.2 Å². The van der Waals surface area contributed by atoms with E-state index in [1.54, 1.807) is 12.1 Å². The van der Waals surface area contributed by atoms with Crippen molar-refractivity contribution >= 4 is 17.3 Å². The van der Waals surface area contributed by atoms with Crippen LogP contribution in [0.2, 0.25) is 5.02 Å². The van der Waals surface area contributed by atoms with Crippen molar-refractivity contribution in [3.05, 3.63) is 35.5 Å². The summed E-state index contributed by atoms with van der Waals surface area (Å²) in [5.74, 6) is -0.357. The van der Waals surface area contributed by atoms with Gasteiger partial charge in [0.2, 0.25) is 0 Å². The standard InChI is InChI=1S/C17H23ClFN2/c18-15-13-14(7-8-16(15)19)20-17(9-3-1-4-10-17)21-11-5-2-6-12-21/h3,7-8,13,20H,1-2,4-6,9-12H2. The number of nitrogens with one attached hydrogen (secondary N) is 1. The van der Waals surface area contributed by atoms with Crippen LogP contribution in [0.1, 0.15) is 44.9 Å². The van der Waals surface area contributed by atoms with Crippen molar-refractivity contribution < 1.29 is 4.39 Å². The summed E-state index contributed by atoms with van der Waals surface area (Å²) in [7, 11) is 0. The Morgan fingerprint density at radius 2 is 1.95 bits per heavy atom. The summed E-state index contributed by atoms with van der Waals surface area (Å²) in [6, 6.07) is 4.94. The first-order valence-electron chi connectivity index (χ1n) is 8.00. The highest BCUT2D eigenvalue weighted by Gasteiger charge is 2.38. The second-order valence-electron chi connectivity index (χ2n) is 6.22. The number of hydrogen-bond acceptors (Lipinski definition) is 2. The second-order valence-corrected chi connectivity index (χ2v) is 6.63. The molecule has 0 aromatic heterocycles. The molecule has 3 rings (SSSR count). The molecule has 1 atom stereocenters. The monoisotopic (exact) mass is 309 g/mol. The Hall–Kier alpha value is -0.800. The van der Waals surface area contributed by atoms with Crippen LogP contribution in [0.15, 0.2) is 18.2 Å². The number of likely N-dealkylation sites (tertiary alicyclic amines) is 1. The molecule has 115 valence electrons. The van der Waals surface area contributed by atoms with Crippen molar-refractivity contribution in [3.63, 3.8) is 0 Å². The maximum absolute atomic E-state index is 13.4. The Balaban J connectivity index is 1.82. The molecule has 0 spiro atoms. The first-order chi connectivity index (χ1) is 10.2. The normalized spacial score (nSPS) is 23.0. The fourth-order valence-corrected chi connectivity index (χ4v) is 3.81. The number of rotatable bonds is 3. The third kappa shape index (κ3) is 3.35. The molecule has 1 radical (unpaired) electrons. The number of halogens is 2. The van der Waals surface area contributed by atoms with Gasteiger partial charge < -0.3 is 5.32 Å². The fraction of sp³-hybridized carbons (Fsp3) is 0.588. The van der Waals surface area contributed by atoms with Gasteiger partial charge in [0, 0.05) is 18.8 Å². The Morgan fingerprint density at radius 3 is 2.62 bits per heavy atom. The summed E-state index contributed by atoms with van der Waals surface area (Å²) in [5, 5.41) is 3.86. The van der Waals surface area contributed by atoms with Crippen LogP contribution >= 0.6 is 11.6 Å². The summed E-state index contributed by atoms with van der Waals surface area (Å²) in [5.41, 5.74) is 0.905. The molecule has 0 bridgehead atoms. The Labute approximate surface area is 131 Å². The highest BCUT2D eigenvalue weighted by molar-refractivity contribution is 6.31. The molecule has 1 aromatic rings. The summed E-state index contributed by atoms with van der Waals surface area (Å²) >= 11 is 5.93. The van der Waals surface area contributed by atoms with E-state index >= 15 is 0 Å². The fourth-order valence-electron chi connectivity index (χ4n) is 3.63. The van der Waals surface area contributed by atoms with E-state index in [9.17, 15) is 4.39 Å². The zero-order chi connectivity index (χ0) is 14.7. The molecule has 2 fully saturated rings. The number of hydrogen-bond donors (Lipinski definition) is 1. The minimum Gasteiger partial charge on any atom is -0.367 e. The lowest BCUT2D eigenvalue weighted by atomic mass is 9.86. The molecule has 1 aliphatic carbocycles. The average Bonchev–Trinajstić information content (AvgIpc) is 2.53. The molecule has 1 aliphatic heterocycles. The topological polar surface area (TPSA) is 15.3 Å². The van der Waals surface area contributed by atoms with Crippen LogP contribution in [0.3, 0.4) is 0 Å². The summed E-state index contributed by atoms with van der Waals surface area (Å²) < 4.78 is 13.4. The summed E-state index contributed by atoms with van der Waals surface area (Å²) in [6.07, 6.45) is 10.8. The maximum atomic E-state index is 13.4. The predicted molar refractivity (Wildman–Crippen MR) is 86.0 cm³/mol. The lowest BCUT2D eigenvalue weighted by Gasteiger charge is -2.49. The molecule has 4 heteroatoms. The molecule has 2 aliphatic rings. The zero-order valence-electron chi connectivity index (χ0n) is 12.4. The third-order valence-electron chi connectivity index (χ3n) is 4.74.